The molecule has 0 aliphatic rings. The van der Waals surface area contributed by atoms with Crippen LogP contribution in [0.25, 0.3) is 0 Å². The molecule has 0 aromatic carbocycles. The maximum atomic E-state index is 12.5. The lowest BCUT2D eigenvalue weighted by molar-refractivity contribution is -0.137. The van der Waals surface area contributed by atoms with Gasteiger partial charge in [-0.2, -0.15) is 13.2 Å². The zero-order chi connectivity index (χ0) is 14.0. The first-order valence-corrected chi connectivity index (χ1v) is 6.38. The minimum atomic E-state index is -4.35. The molecule has 1 N–H and O–H groups in total. The number of nitrogens with zero attached hydrogens (tertiary/aromatic N) is 2. The molecule has 2 heterocycles. The molecule has 0 radical (unpaired) electrons. The molecule has 2 rings (SSSR count). The molecule has 2 aromatic heterocycles. The number of alkyl halides is 3. The van der Waals surface area contributed by atoms with Crippen molar-refractivity contribution in [3.8, 4) is 0 Å². The highest BCUT2D eigenvalue weighted by atomic mass is 32.1. The van der Waals surface area contributed by atoms with E-state index in [9.17, 15) is 13.2 Å². The number of halogens is 3. The van der Waals surface area contributed by atoms with E-state index in [-0.39, 0.29) is 5.82 Å². The van der Waals surface area contributed by atoms with Crippen LogP contribution in [0.15, 0.2) is 18.3 Å². The van der Waals surface area contributed by atoms with E-state index in [0.29, 0.717) is 6.54 Å². The summed E-state index contributed by atoms with van der Waals surface area (Å²) in [6.45, 7) is 4.19. The van der Waals surface area contributed by atoms with Crippen LogP contribution in [0.5, 0.6) is 0 Å². The zero-order valence-corrected chi connectivity index (χ0v) is 11.2. The zero-order valence-electron chi connectivity index (χ0n) is 10.4. The highest BCUT2D eigenvalue weighted by Gasteiger charge is 2.30. The minimum absolute atomic E-state index is 0.194. The number of aryl methyl sites for hydroxylation is 2. The number of anilines is 1. The van der Waals surface area contributed by atoms with Crippen molar-refractivity contribution < 1.29 is 13.2 Å². The molecule has 0 bridgehead atoms. The molecule has 0 fully saturated rings. The summed E-state index contributed by atoms with van der Waals surface area (Å²) in [5, 5.41) is 3.80. The summed E-state index contributed by atoms with van der Waals surface area (Å²) in [4.78, 5) is 9.22. The topological polar surface area (TPSA) is 37.8 Å². The Morgan fingerprint density at radius 3 is 2.63 bits per heavy atom. The van der Waals surface area contributed by atoms with Gasteiger partial charge in [0.25, 0.3) is 0 Å². The van der Waals surface area contributed by atoms with Gasteiger partial charge in [-0.1, -0.05) is 0 Å². The van der Waals surface area contributed by atoms with Crippen LogP contribution in [0.3, 0.4) is 0 Å². The van der Waals surface area contributed by atoms with E-state index in [1.165, 1.54) is 0 Å². The molecule has 0 spiro atoms. The van der Waals surface area contributed by atoms with Gasteiger partial charge in [0.1, 0.15) is 5.82 Å². The Balaban J connectivity index is 2.10. The fourth-order valence-corrected chi connectivity index (χ4v) is 2.45. The average molecular weight is 287 g/mol. The predicted molar refractivity (Wildman–Crippen MR) is 68.2 cm³/mol. The second kappa shape index (κ2) is 5.16. The molecule has 0 unspecified atom stereocenters. The van der Waals surface area contributed by atoms with Gasteiger partial charge in [0.2, 0.25) is 0 Å². The molecule has 7 heteroatoms. The lowest BCUT2D eigenvalue weighted by atomic mass is 10.2. The third-order valence-corrected chi connectivity index (χ3v) is 3.45. The Labute approximate surface area is 112 Å². The molecule has 0 atom stereocenters. The number of hydrogen-bond acceptors (Lipinski definition) is 4. The summed E-state index contributed by atoms with van der Waals surface area (Å²) in [5.74, 6) is 0.194. The van der Waals surface area contributed by atoms with E-state index in [4.69, 9.17) is 0 Å². The maximum absolute atomic E-state index is 12.5. The van der Waals surface area contributed by atoms with Gasteiger partial charge < -0.3 is 5.32 Å². The average Bonchev–Trinajstić information content (AvgIpc) is 2.64. The SMILES string of the molecule is Cc1nc(CNc2cc(C(F)(F)F)ccn2)c(C)s1. The summed E-state index contributed by atoms with van der Waals surface area (Å²) in [5.41, 5.74) is 0.123. The third kappa shape index (κ3) is 3.44. The fraction of sp³-hybridized carbons (Fsp3) is 0.333. The smallest absolute Gasteiger partial charge is 0.364 e. The van der Waals surface area contributed by atoms with Gasteiger partial charge in [-0.25, -0.2) is 9.97 Å². The first kappa shape index (κ1) is 13.8. The summed E-state index contributed by atoms with van der Waals surface area (Å²) < 4.78 is 37.6. The summed E-state index contributed by atoms with van der Waals surface area (Å²) >= 11 is 1.56. The van der Waals surface area contributed by atoms with E-state index >= 15 is 0 Å². The Morgan fingerprint density at radius 1 is 1.32 bits per heavy atom. The van der Waals surface area contributed by atoms with Gasteiger partial charge >= 0.3 is 6.18 Å². The molecule has 2 aromatic rings. The highest BCUT2D eigenvalue weighted by molar-refractivity contribution is 7.11. The van der Waals surface area contributed by atoms with Gasteiger partial charge in [-0.15, -0.1) is 11.3 Å². The summed E-state index contributed by atoms with van der Waals surface area (Å²) in [7, 11) is 0. The number of pyridine rings is 1. The van der Waals surface area contributed by atoms with Crippen molar-refractivity contribution in [2.24, 2.45) is 0 Å². The van der Waals surface area contributed by atoms with Crippen molar-refractivity contribution in [3.63, 3.8) is 0 Å². The highest BCUT2D eigenvalue weighted by Crippen LogP contribution is 2.30. The predicted octanol–water partition coefficient (Wildman–Crippen LogP) is 3.79. The Kier molecular flexibility index (Phi) is 3.75. The van der Waals surface area contributed by atoms with Gasteiger partial charge in [0.05, 0.1) is 22.8 Å². The second-order valence-electron chi connectivity index (χ2n) is 4.02. The number of rotatable bonds is 3. The summed E-state index contributed by atoms with van der Waals surface area (Å²) in [6.07, 6.45) is -3.21. The van der Waals surface area contributed by atoms with Crippen molar-refractivity contribution >= 4 is 17.2 Å². The molecule has 0 aliphatic heterocycles. The van der Waals surface area contributed by atoms with Crippen molar-refractivity contribution in [2.75, 3.05) is 5.32 Å². The molecular formula is C12H12F3N3S. The number of thiazole rings is 1. The maximum Gasteiger partial charge on any atom is 0.416 e. The number of hydrogen-bond donors (Lipinski definition) is 1. The Hall–Kier alpha value is -1.63. The second-order valence-corrected chi connectivity index (χ2v) is 5.42. The van der Waals surface area contributed by atoms with E-state index in [0.717, 1.165) is 33.9 Å². The van der Waals surface area contributed by atoms with Gasteiger partial charge in [0.15, 0.2) is 0 Å². The van der Waals surface area contributed by atoms with E-state index < -0.39 is 11.7 Å². The van der Waals surface area contributed by atoms with Crippen LogP contribution >= 0.6 is 11.3 Å². The van der Waals surface area contributed by atoms with Crippen molar-refractivity contribution in [2.45, 2.75) is 26.6 Å². The first-order chi connectivity index (χ1) is 8.86. The molecule has 3 nitrogen and oxygen atoms in total. The van der Waals surface area contributed by atoms with Crippen LogP contribution < -0.4 is 5.32 Å². The number of aromatic nitrogens is 2. The number of nitrogens with one attached hydrogen (secondary N) is 1. The lowest BCUT2D eigenvalue weighted by Crippen LogP contribution is -2.08. The van der Waals surface area contributed by atoms with E-state index in [2.05, 4.69) is 15.3 Å². The molecule has 0 saturated heterocycles. The normalized spacial score (nSPS) is 11.6. The van der Waals surface area contributed by atoms with E-state index in [1.54, 1.807) is 11.3 Å². The lowest BCUT2D eigenvalue weighted by Gasteiger charge is -2.09. The van der Waals surface area contributed by atoms with Crippen LogP contribution in [-0.2, 0) is 12.7 Å². The van der Waals surface area contributed by atoms with Crippen LogP contribution in [0.1, 0.15) is 21.1 Å². The van der Waals surface area contributed by atoms with Crippen LogP contribution in [0.2, 0.25) is 0 Å². The Morgan fingerprint density at radius 2 is 2.05 bits per heavy atom. The van der Waals surface area contributed by atoms with Crippen LogP contribution in [0, 0.1) is 13.8 Å². The van der Waals surface area contributed by atoms with Gasteiger partial charge in [-0.05, 0) is 26.0 Å². The largest absolute Gasteiger partial charge is 0.416 e. The standard InChI is InChI=1S/C12H12F3N3S/c1-7-10(18-8(2)19-7)6-17-11-5-9(3-4-16-11)12(13,14)15/h3-5H,6H2,1-2H3,(H,16,17). The molecule has 0 aliphatic carbocycles. The summed E-state index contributed by atoms with van der Waals surface area (Å²) in [6, 6.07) is 1.94. The van der Waals surface area contributed by atoms with Crippen LogP contribution in [-0.4, -0.2) is 9.97 Å². The monoisotopic (exact) mass is 287 g/mol. The molecule has 0 saturated carbocycles. The third-order valence-electron chi connectivity index (χ3n) is 2.52. The Bertz CT molecular complexity index is 578. The van der Waals surface area contributed by atoms with Crippen molar-refractivity contribution in [1.29, 1.82) is 0 Å². The quantitative estimate of drug-likeness (QED) is 0.933. The van der Waals surface area contributed by atoms with Crippen molar-refractivity contribution in [3.05, 3.63) is 39.5 Å². The van der Waals surface area contributed by atoms with Crippen LogP contribution in [0.4, 0.5) is 19.0 Å². The van der Waals surface area contributed by atoms with E-state index in [1.807, 2.05) is 13.8 Å². The first-order valence-electron chi connectivity index (χ1n) is 5.56. The molecule has 19 heavy (non-hydrogen) atoms. The minimum Gasteiger partial charge on any atom is -0.364 e. The molecule has 0 amide bonds. The van der Waals surface area contributed by atoms with Crippen molar-refractivity contribution in [1.82, 2.24) is 9.97 Å². The fourth-order valence-electron chi connectivity index (χ4n) is 1.61. The van der Waals surface area contributed by atoms with Gasteiger partial charge in [0, 0.05) is 11.1 Å². The molecular weight excluding hydrogens is 275 g/mol. The molecule has 102 valence electrons. The van der Waals surface area contributed by atoms with Gasteiger partial charge in [-0.3, -0.25) is 0 Å².